The van der Waals surface area contributed by atoms with Gasteiger partial charge in [-0.05, 0) is 17.5 Å². The van der Waals surface area contributed by atoms with E-state index >= 15 is 0 Å². The first kappa shape index (κ1) is 19.2. The number of morpholine rings is 1. The molecule has 0 spiro atoms. The molecule has 1 saturated heterocycles. The molecule has 1 aliphatic heterocycles. The highest BCUT2D eigenvalue weighted by Crippen LogP contribution is 2.35. The number of Topliss-reactive ketones (excluding diaryl/α,β-unsaturated/α-hetero) is 1. The molecule has 1 aliphatic carbocycles. The third-order valence-electron chi connectivity index (χ3n) is 4.84. The Morgan fingerprint density at radius 3 is 2.78 bits per heavy atom. The van der Waals surface area contributed by atoms with Gasteiger partial charge in [0.25, 0.3) is 0 Å². The number of benzene rings is 1. The molecule has 2 atom stereocenters. The lowest BCUT2D eigenvalue weighted by molar-refractivity contribution is -0.148. The number of nitrogens with one attached hydrogen (secondary N) is 1. The van der Waals surface area contributed by atoms with Crippen LogP contribution in [0.3, 0.4) is 0 Å². The molecule has 2 aliphatic rings. The van der Waals surface area contributed by atoms with Gasteiger partial charge in [-0.2, -0.15) is 0 Å². The normalized spacial score (nSPS) is 24.9. The third-order valence-corrected chi connectivity index (χ3v) is 4.84. The molecule has 0 amide bonds. The van der Waals surface area contributed by atoms with Crippen LogP contribution in [0.4, 0.5) is 0 Å². The van der Waals surface area contributed by atoms with E-state index in [1.165, 1.54) is 0 Å². The smallest absolute Gasteiger partial charge is 0.349 e. The third kappa shape index (κ3) is 4.40. The second-order valence-corrected chi connectivity index (χ2v) is 6.58. The van der Waals surface area contributed by atoms with Crippen molar-refractivity contribution in [3.63, 3.8) is 0 Å². The molecule has 1 heterocycles. The minimum absolute atomic E-state index is 0.0159. The molecule has 6 nitrogen and oxygen atoms in total. The van der Waals surface area contributed by atoms with Crippen molar-refractivity contribution >= 4 is 18.0 Å². The zero-order valence-corrected chi connectivity index (χ0v) is 15.4. The number of carbonyl (C=O) groups is 2. The average molecular weight is 368 g/mol. The Kier molecular flexibility index (Phi) is 6.32. The molecule has 142 valence electrons. The number of hydrogen-bond acceptors (Lipinski definition) is 6. The van der Waals surface area contributed by atoms with Crippen molar-refractivity contribution in [2.45, 2.75) is 31.3 Å². The summed E-state index contributed by atoms with van der Waals surface area (Å²) in [6, 6.07) is 7.83. The van der Waals surface area contributed by atoms with Gasteiger partial charge in [-0.15, -0.1) is 0 Å². The van der Waals surface area contributed by atoms with Crippen LogP contribution in [0.1, 0.15) is 37.0 Å². The molecule has 1 N–H and O–H groups in total. The van der Waals surface area contributed by atoms with E-state index in [0.717, 1.165) is 30.4 Å². The van der Waals surface area contributed by atoms with Gasteiger partial charge in [0, 0.05) is 19.5 Å². The molecular weight excluding hydrogens is 344 g/mol. The summed E-state index contributed by atoms with van der Waals surface area (Å²) in [5.41, 5.74) is 0.931. The summed E-state index contributed by atoms with van der Waals surface area (Å²) in [5, 5.41) is 6.88. The summed E-state index contributed by atoms with van der Waals surface area (Å²) in [5.74, 6) is -0.701. The minimum atomic E-state index is -0.953. The van der Waals surface area contributed by atoms with Gasteiger partial charge < -0.3 is 14.9 Å². The maximum absolute atomic E-state index is 12.8. The summed E-state index contributed by atoms with van der Waals surface area (Å²) >= 11 is 0. The molecule has 2 unspecified atom stereocenters. The highest BCUT2D eigenvalue weighted by molar-refractivity contribution is 6.27. The van der Waals surface area contributed by atoms with Crippen molar-refractivity contribution in [3.05, 3.63) is 59.7 Å². The van der Waals surface area contributed by atoms with E-state index in [1.807, 2.05) is 48.6 Å². The molecular formula is C21H24N2O4. The molecule has 3 rings (SSSR count). The Labute approximate surface area is 158 Å². The summed E-state index contributed by atoms with van der Waals surface area (Å²) in [6.07, 6.45) is 9.31. The lowest BCUT2D eigenvalue weighted by Crippen LogP contribution is -2.35. The maximum Gasteiger partial charge on any atom is 0.349 e. The maximum atomic E-state index is 12.8. The van der Waals surface area contributed by atoms with Gasteiger partial charge in [0.05, 0.1) is 12.7 Å². The quantitative estimate of drug-likeness (QED) is 0.474. The van der Waals surface area contributed by atoms with Gasteiger partial charge >= 0.3 is 5.97 Å². The van der Waals surface area contributed by atoms with E-state index in [-0.39, 0.29) is 11.9 Å². The molecule has 6 heteroatoms. The molecule has 1 aromatic carbocycles. The van der Waals surface area contributed by atoms with Gasteiger partial charge in [0.1, 0.15) is 11.6 Å². The number of rotatable bonds is 6. The van der Waals surface area contributed by atoms with Crippen LogP contribution in [0.5, 0.6) is 0 Å². The molecule has 0 aromatic heterocycles. The van der Waals surface area contributed by atoms with E-state index < -0.39 is 11.4 Å². The second kappa shape index (κ2) is 8.88. The minimum Gasteiger partial charge on any atom is -0.371 e. The average Bonchev–Trinajstić information content (AvgIpc) is 2.74. The number of carbonyl (C=O) groups excluding carboxylic acids is 2. The highest BCUT2D eigenvalue weighted by Gasteiger charge is 2.40. The Morgan fingerprint density at radius 2 is 2.15 bits per heavy atom. The fourth-order valence-electron chi connectivity index (χ4n) is 3.18. The van der Waals surface area contributed by atoms with E-state index in [0.29, 0.717) is 19.4 Å². The number of ketones is 1. The Morgan fingerprint density at radius 1 is 1.33 bits per heavy atom. The number of nitrogens with zero attached hydrogens (tertiary/aromatic N) is 1. The van der Waals surface area contributed by atoms with Crippen molar-refractivity contribution in [3.8, 4) is 0 Å². The van der Waals surface area contributed by atoms with Crippen LogP contribution >= 0.6 is 0 Å². The van der Waals surface area contributed by atoms with Crippen LogP contribution in [0, 0.1) is 0 Å². The number of allylic oxidation sites excluding steroid dienone is 3. The van der Waals surface area contributed by atoms with Crippen molar-refractivity contribution < 1.29 is 19.2 Å². The van der Waals surface area contributed by atoms with Crippen LogP contribution in [0.15, 0.2) is 53.7 Å². The molecule has 0 radical (unpaired) electrons. The summed E-state index contributed by atoms with van der Waals surface area (Å²) in [7, 11) is 0. The van der Waals surface area contributed by atoms with Crippen LogP contribution in [-0.4, -0.2) is 37.7 Å². The molecule has 1 aromatic rings. The first-order valence-corrected chi connectivity index (χ1v) is 9.20. The van der Waals surface area contributed by atoms with Gasteiger partial charge in [-0.25, -0.2) is 4.79 Å². The van der Waals surface area contributed by atoms with E-state index in [9.17, 15) is 9.59 Å². The summed E-state index contributed by atoms with van der Waals surface area (Å²) in [6.45, 7) is 4.04. The Hall–Kier alpha value is -2.57. The predicted molar refractivity (Wildman–Crippen MR) is 102 cm³/mol. The lowest BCUT2D eigenvalue weighted by atomic mass is 9.75. The molecule has 27 heavy (non-hydrogen) atoms. The number of oxime groups is 1. The lowest BCUT2D eigenvalue weighted by Gasteiger charge is -2.29. The van der Waals surface area contributed by atoms with Gasteiger partial charge in [-0.1, -0.05) is 60.6 Å². The molecule has 0 saturated carbocycles. The SMILES string of the molecule is CCC(=O)C=NOC(=O)C1(c2ccc(C3CNCCO3)cc2)C=CC=CC1. The number of hydrogen-bond donors (Lipinski definition) is 1. The Balaban J connectivity index is 1.80. The number of ether oxygens (including phenoxy) is 1. The zero-order chi connectivity index (χ0) is 19.1. The predicted octanol–water partition coefficient (Wildman–Crippen LogP) is 2.61. The fraction of sp³-hybridized carbons (Fsp3) is 0.381. The van der Waals surface area contributed by atoms with Crippen molar-refractivity contribution in [2.24, 2.45) is 5.16 Å². The van der Waals surface area contributed by atoms with Crippen molar-refractivity contribution in [1.82, 2.24) is 5.32 Å². The Bertz CT molecular complexity index is 761. The zero-order valence-electron chi connectivity index (χ0n) is 15.4. The van der Waals surface area contributed by atoms with Crippen LogP contribution < -0.4 is 5.32 Å². The van der Waals surface area contributed by atoms with E-state index in [1.54, 1.807) is 6.92 Å². The summed E-state index contributed by atoms with van der Waals surface area (Å²) in [4.78, 5) is 29.2. The van der Waals surface area contributed by atoms with Crippen LogP contribution in [0.2, 0.25) is 0 Å². The van der Waals surface area contributed by atoms with Crippen molar-refractivity contribution in [2.75, 3.05) is 19.7 Å². The topological polar surface area (TPSA) is 77.0 Å². The largest absolute Gasteiger partial charge is 0.371 e. The van der Waals surface area contributed by atoms with Gasteiger partial charge in [0.15, 0.2) is 5.78 Å². The monoisotopic (exact) mass is 368 g/mol. The second-order valence-electron chi connectivity index (χ2n) is 6.58. The fourth-order valence-corrected chi connectivity index (χ4v) is 3.18. The van der Waals surface area contributed by atoms with Crippen molar-refractivity contribution in [1.29, 1.82) is 0 Å². The summed E-state index contributed by atoms with van der Waals surface area (Å²) < 4.78 is 5.78. The first-order chi connectivity index (χ1) is 13.2. The standard InChI is InChI=1S/C21H24N2O4/c1-2-18(24)14-23-27-20(25)21(10-4-3-5-11-21)17-8-6-16(7-9-17)19-15-22-12-13-26-19/h3-10,14,19,22H,2,11-13,15H2,1H3. The van der Waals surface area contributed by atoms with E-state index in [4.69, 9.17) is 9.57 Å². The van der Waals surface area contributed by atoms with Gasteiger partial charge in [0.2, 0.25) is 0 Å². The van der Waals surface area contributed by atoms with Crippen LogP contribution in [0.25, 0.3) is 0 Å². The first-order valence-electron chi connectivity index (χ1n) is 9.20. The van der Waals surface area contributed by atoms with Gasteiger partial charge in [-0.3, -0.25) is 4.79 Å². The molecule has 1 fully saturated rings. The van der Waals surface area contributed by atoms with Crippen LogP contribution in [-0.2, 0) is 24.6 Å². The van der Waals surface area contributed by atoms with E-state index in [2.05, 4.69) is 10.5 Å². The highest BCUT2D eigenvalue weighted by atomic mass is 16.7. The molecule has 0 bridgehead atoms.